The normalized spacial score (nSPS) is 22.6. The van der Waals surface area contributed by atoms with Crippen molar-refractivity contribution < 1.29 is 18.7 Å². The summed E-state index contributed by atoms with van der Waals surface area (Å²) in [5, 5.41) is 2.94. The van der Waals surface area contributed by atoms with Crippen molar-refractivity contribution in [3.8, 4) is 0 Å². The molecular formula is C20H23FN2O3S. The minimum absolute atomic E-state index is 0.187. The maximum atomic E-state index is 14.4. The Kier molecular flexibility index (Phi) is 5.92. The van der Waals surface area contributed by atoms with E-state index in [0.29, 0.717) is 12.1 Å². The van der Waals surface area contributed by atoms with Crippen LogP contribution in [-0.4, -0.2) is 37.0 Å². The molecule has 144 valence electrons. The number of amides is 1. The number of esters is 1. The summed E-state index contributed by atoms with van der Waals surface area (Å²) in [5.41, 5.74) is 0.415. The van der Waals surface area contributed by atoms with Crippen LogP contribution >= 0.6 is 11.3 Å². The lowest BCUT2D eigenvalue weighted by molar-refractivity contribution is -0.145. The van der Waals surface area contributed by atoms with Crippen molar-refractivity contribution in [3.63, 3.8) is 0 Å². The van der Waals surface area contributed by atoms with Crippen molar-refractivity contribution >= 4 is 23.2 Å². The molecule has 2 aromatic rings. The average Bonchev–Trinajstić information content (AvgIpc) is 3.23. The Bertz CT molecular complexity index is 838. The number of nitrogens with one attached hydrogen (secondary N) is 1. The number of carbonyl (C=O) groups is 2. The summed E-state index contributed by atoms with van der Waals surface area (Å²) >= 11 is 1.62. The third-order valence-electron chi connectivity index (χ3n) is 5.06. The molecule has 3 rings (SSSR count). The van der Waals surface area contributed by atoms with Crippen LogP contribution in [0.3, 0.4) is 0 Å². The zero-order valence-electron chi connectivity index (χ0n) is 15.6. The summed E-state index contributed by atoms with van der Waals surface area (Å²) in [6, 6.07) is 9.26. The predicted molar refractivity (Wildman–Crippen MR) is 102 cm³/mol. The number of hydrogen-bond donors (Lipinski definition) is 1. The molecular weight excluding hydrogens is 367 g/mol. The smallest absolute Gasteiger partial charge is 0.323 e. The number of benzene rings is 1. The number of thiophene rings is 1. The van der Waals surface area contributed by atoms with Crippen LogP contribution in [0.15, 0.2) is 36.4 Å². The monoisotopic (exact) mass is 390 g/mol. The highest BCUT2D eigenvalue weighted by Crippen LogP contribution is 2.41. The molecule has 1 fully saturated rings. The molecule has 1 N–H and O–H groups in total. The molecule has 2 heterocycles. The molecule has 1 amide bonds. The Morgan fingerprint density at radius 3 is 2.67 bits per heavy atom. The van der Waals surface area contributed by atoms with Gasteiger partial charge in [-0.1, -0.05) is 18.2 Å². The number of aryl methyl sites for hydroxylation is 1. The molecule has 0 aliphatic carbocycles. The third kappa shape index (κ3) is 4.04. The number of methoxy groups -OCH3 is 1. The zero-order valence-corrected chi connectivity index (χ0v) is 16.4. The van der Waals surface area contributed by atoms with Crippen molar-refractivity contribution in [3.05, 3.63) is 57.5 Å². The maximum Gasteiger partial charge on any atom is 0.323 e. The molecule has 27 heavy (non-hydrogen) atoms. The SMILES string of the molecule is COC(=O)[C@@H]1C[C@H](C(=O)NCc2ccc(C)s2)[C@H](c2ccccc2F)N1C. The van der Waals surface area contributed by atoms with Crippen LogP contribution < -0.4 is 5.32 Å². The lowest BCUT2D eigenvalue weighted by atomic mass is 9.92. The minimum atomic E-state index is -0.584. The van der Waals surface area contributed by atoms with Crippen molar-refractivity contribution in [2.45, 2.75) is 32.0 Å². The summed E-state index contributed by atoms with van der Waals surface area (Å²) in [4.78, 5) is 29.0. The van der Waals surface area contributed by atoms with E-state index in [1.807, 2.05) is 19.1 Å². The second kappa shape index (κ2) is 8.19. The van der Waals surface area contributed by atoms with E-state index in [4.69, 9.17) is 4.74 Å². The summed E-state index contributed by atoms with van der Waals surface area (Å²) in [7, 11) is 3.05. The zero-order chi connectivity index (χ0) is 19.6. The van der Waals surface area contributed by atoms with Crippen LogP contribution in [0.4, 0.5) is 4.39 Å². The Labute approximate surface area is 162 Å². The van der Waals surface area contributed by atoms with Gasteiger partial charge in [0.05, 0.1) is 19.6 Å². The molecule has 0 unspecified atom stereocenters. The molecule has 0 saturated carbocycles. The number of rotatable bonds is 5. The van der Waals surface area contributed by atoms with Crippen molar-refractivity contribution in [1.82, 2.24) is 10.2 Å². The highest BCUT2D eigenvalue weighted by molar-refractivity contribution is 7.11. The summed E-state index contributed by atoms with van der Waals surface area (Å²) < 4.78 is 19.3. The molecule has 0 bridgehead atoms. The fraction of sp³-hybridized carbons (Fsp3) is 0.400. The maximum absolute atomic E-state index is 14.4. The number of likely N-dealkylation sites (tertiary alicyclic amines) is 1. The summed E-state index contributed by atoms with van der Waals surface area (Å²) in [6.45, 7) is 2.43. The Morgan fingerprint density at radius 1 is 1.30 bits per heavy atom. The van der Waals surface area contributed by atoms with Gasteiger partial charge in [-0.3, -0.25) is 14.5 Å². The van der Waals surface area contributed by atoms with Gasteiger partial charge in [0.15, 0.2) is 0 Å². The van der Waals surface area contributed by atoms with Gasteiger partial charge in [-0.2, -0.15) is 0 Å². The number of likely N-dealkylation sites (N-methyl/N-ethyl adjacent to an activating group) is 1. The average molecular weight is 390 g/mol. The number of nitrogens with zero attached hydrogens (tertiary/aromatic N) is 1. The van der Waals surface area contributed by atoms with E-state index in [1.165, 1.54) is 18.1 Å². The van der Waals surface area contributed by atoms with Gasteiger partial charge in [0.1, 0.15) is 11.9 Å². The molecule has 1 aliphatic heterocycles. The van der Waals surface area contributed by atoms with Gasteiger partial charge in [-0.15, -0.1) is 11.3 Å². The number of carbonyl (C=O) groups excluding carboxylic acids is 2. The van der Waals surface area contributed by atoms with Gasteiger partial charge in [0.2, 0.25) is 5.91 Å². The molecule has 7 heteroatoms. The van der Waals surface area contributed by atoms with E-state index in [2.05, 4.69) is 5.32 Å². The van der Waals surface area contributed by atoms with Crippen molar-refractivity contribution in [1.29, 1.82) is 0 Å². The van der Waals surface area contributed by atoms with Gasteiger partial charge >= 0.3 is 5.97 Å². The van der Waals surface area contributed by atoms with E-state index < -0.39 is 24.0 Å². The van der Waals surface area contributed by atoms with Crippen molar-refractivity contribution in [2.24, 2.45) is 5.92 Å². The third-order valence-corrected chi connectivity index (χ3v) is 6.06. The standard InChI is InChI=1S/C20H23FN2O3S/c1-12-8-9-13(27-12)11-22-19(24)15-10-17(20(25)26-3)23(2)18(15)14-6-4-5-7-16(14)21/h4-9,15,17-18H,10-11H2,1-3H3,(H,22,24)/t15-,17-,18-/m0/s1. The Hall–Kier alpha value is -2.25. The highest BCUT2D eigenvalue weighted by Gasteiger charge is 2.47. The van der Waals surface area contributed by atoms with Gasteiger partial charge in [-0.25, -0.2) is 4.39 Å². The fourth-order valence-electron chi connectivity index (χ4n) is 3.70. The number of ether oxygens (including phenoxy) is 1. The first-order valence-corrected chi connectivity index (χ1v) is 9.61. The molecule has 5 nitrogen and oxygen atoms in total. The first-order valence-electron chi connectivity index (χ1n) is 8.79. The van der Waals surface area contributed by atoms with Gasteiger partial charge in [-0.05, 0) is 38.6 Å². The molecule has 0 radical (unpaired) electrons. The van der Waals surface area contributed by atoms with Crippen LogP contribution in [0, 0.1) is 18.7 Å². The molecule has 1 aromatic carbocycles. The van der Waals surface area contributed by atoms with E-state index >= 15 is 0 Å². The fourth-order valence-corrected chi connectivity index (χ4v) is 4.53. The molecule has 0 spiro atoms. The minimum Gasteiger partial charge on any atom is -0.468 e. The molecule has 1 aliphatic rings. The van der Waals surface area contributed by atoms with Crippen LogP contribution in [0.1, 0.15) is 27.8 Å². The van der Waals surface area contributed by atoms with Gasteiger partial charge in [0.25, 0.3) is 0 Å². The Morgan fingerprint density at radius 2 is 2.04 bits per heavy atom. The number of hydrogen-bond acceptors (Lipinski definition) is 5. The summed E-state index contributed by atoms with van der Waals surface area (Å²) in [5.74, 6) is -1.53. The highest BCUT2D eigenvalue weighted by atomic mass is 32.1. The largest absolute Gasteiger partial charge is 0.468 e. The van der Waals surface area contributed by atoms with Crippen LogP contribution in [0.5, 0.6) is 0 Å². The lowest BCUT2D eigenvalue weighted by Gasteiger charge is -2.27. The quantitative estimate of drug-likeness (QED) is 0.798. The molecule has 1 saturated heterocycles. The van der Waals surface area contributed by atoms with E-state index in [9.17, 15) is 14.0 Å². The predicted octanol–water partition coefficient (Wildman–Crippen LogP) is 3.05. The summed E-state index contributed by atoms with van der Waals surface area (Å²) in [6.07, 6.45) is 0.289. The second-order valence-electron chi connectivity index (χ2n) is 6.74. The van der Waals surface area contributed by atoms with Crippen LogP contribution in [-0.2, 0) is 20.9 Å². The second-order valence-corrected chi connectivity index (χ2v) is 8.12. The topological polar surface area (TPSA) is 58.6 Å². The Balaban J connectivity index is 1.84. The number of halogens is 1. The lowest BCUT2D eigenvalue weighted by Crippen LogP contribution is -2.36. The van der Waals surface area contributed by atoms with Crippen LogP contribution in [0.25, 0.3) is 0 Å². The van der Waals surface area contributed by atoms with Gasteiger partial charge < -0.3 is 10.1 Å². The van der Waals surface area contributed by atoms with Gasteiger partial charge in [0, 0.05) is 21.4 Å². The van der Waals surface area contributed by atoms with Crippen molar-refractivity contribution in [2.75, 3.05) is 14.2 Å². The first-order chi connectivity index (χ1) is 12.9. The van der Waals surface area contributed by atoms with E-state index in [0.717, 1.165) is 4.88 Å². The van der Waals surface area contributed by atoms with Crippen LogP contribution in [0.2, 0.25) is 0 Å². The van der Waals surface area contributed by atoms with E-state index in [-0.39, 0.29) is 18.1 Å². The molecule has 3 atom stereocenters. The first kappa shape index (κ1) is 19.5. The molecule has 1 aromatic heterocycles. The van der Waals surface area contributed by atoms with E-state index in [1.54, 1.807) is 41.5 Å².